The number of furan rings is 1. The first kappa shape index (κ1) is 19.0. The molecule has 0 saturated carbocycles. The van der Waals surface area contributed by atoms with Crippen molar-refractivity contribution in [2.24, 2.45) is 0 Å². The van der Waals surface area contributed by atoms with Crippen LogP contribution in [0.15, 0.2) is 74.3 Å². The van der Waals surface area contributed by atoms with Crippen LogP contribution in [0.4, 0.5) is 5.88 Å². The highest BCUT2D eigenvalue weighted by Crippen LogP contribution is 2.42. The number of ether oxygens (including phenoxy) is 2. The maximum atomic E-state index is 13.0. The van der Waals surface area contributed by atoms with Crippen molar-refractivity contribution in [3.8, 4) is 16.9 Å². The Morgan fingerprint density at radius 2 is 1.62 bits per heavy atom. The molecule has 1 saturated heterocycles. The topological polar surface area (TPSA) is 65.0 Å². The summed E-state index contributed by atoms with van der Waals surface area (Å²) in [5, 5.41) is 2.43. The van der Waals surface area contributed by atoms with Crippen molar-refractivity contribution in [2.45, 2.75) is 0 Å². The van der Waals surface area contributed by atoms with Gasteiger partial charge in [-0.1, -0.05) is 30.3 Å². The van der Waals surface area contributed by atoms with Crippen molar-refractivity contribution in [1.29, 1.82) is 0 Å². The van der Waals surface area contributed by atoms with Crippen LogP contribution < -0.4 is 15.1 Å². The van der Waals surface area contributed by atoms with Gasteiger partial charge in [-0.25, -0.2) is 0 Å². The molecule has 0 radical (unpaired) electrons. The summed E-state index contributed by atoms with van der Waals surface area (Å²) in [6.07, 6.45) is 0. The van der Waals surface area contributed by atoms with E-state index in [1.165, 1.54) is 0 Å². The third kappa shape index (κ3) is 2.87. The lowest BCUT2D eigenvalue weighted by Gasteiger charge is -2.27. The average molecular weight is 427 g/mol. The third-order valence-electron chi connectivity index (χ3n) is 6.06. The Morgan fingerprint density at radius 3 is 2.47 bits per heavy atom. The summed E-state index contributed by atoms with van der Waals surface area (Å²) in [5.74, 6) is 1.30. The summed E-state index contributed by atoms with van der Waals surface area (Å²) in [5.41, 5.74) is 3.63. The van der Waals surface area contributed by atoms with Crippen LogP contribution in [0.3, 0.4) is 0 Å². The van der Waals surface area contributed by atoms with Crippen LogP contribution in [-0.2, 0) is 4.74 Å². The predicted octanol–water partition coefficient (Wildman–Crippen LogP) is 5.20. The normalized spacial score (nSPS) is 14.5. The first-order valence-corrected chi connectivity index (χ1v) is 10.6. The van der Waals surface area contributed by atoms with Crippen molar-refractivity contribution in [3.63, 3.8) is 0 Å². The van der Waals surface area contributed by atoms with E-state index >= 15 is 0 Å². The Bertz CT molecular complexity index is 1520. The predicted molar refractivity (Wildman–Crippen MR) is 125 cm³/mol. The fourth-order valence-corrected chi connectivity index (χ4v) is 4.50. The second-order valence-corrected chi connectivity index (χ2v) is 7.85. The lowest BCUT2D eigenvalue weighted by Crippen LogP contribution is -2.36. The van der Waals surface area contributed by atoms with E-state index in [0.29, 0.717) is 48.7 Å². The minimum atomic E-state index is -0.0658. The highest BCUT2D eigenvalue weighted by atomic mass is 16.5. The maximum Gasteiger partial charge on any atom is 0.200 e. The number of methoxy groups -OCH3 is 1. The lowest BCUT2D eigenvalue weighted by atomic mass is 9.99. The molecule has 6 nitrogen and oxygen atoms in total. The molecule has 0 amide bonds. The van der Waals surface area contributed by atoms with Crippen molar-refractivity contribution in [2.75, 3.05) is 38.3 Å². The van der Waals surface area contributed by atoms with Gasteiger partial charge in [-0.05, 0) is 24.3 Å². The molecule has 0 aliphatic carbocycles. The Morgan fingerprint density at radius 1 is 0.844 bits per heavy atom. The minimum absolute atomic E-state index is 0.0658. The van der Waals surface area contributed by atoms with Gasteiger partial charge in [-0.15, -0.1) is 0 Å². The zero-order valence-corrected chi connectivity index (χ0v) is 17.6. The molecule has 0 spiro atoms. The van der Waals surface area contributed by atoms with E-state index in [4.69, 9.17) is 18.3 Å². The molecule has 3 heterocycles. The molecule has 6 rings (SSSR count). The van der Waals surface area contributed by atoms with Gasteiger partial charge < -0.3 is 23.2 Å². The summed E-state index contributed by atoms with van der Waals surface area (Å²) in [4.78, 5) is 15.0. The van der Waals surface area contributed by atoms with Crippen LogP contribution in [0.25, 0.3) is 44.0 Å². The maximum absolute atomic E-state index is 13.0. The van der Waals surface area contributed by atoms with Gasteiger partial charge in [0.25, 0.3) is 0 Å². The first-order valence-electron chi connectivity index (χ1n) is 10.6. The summed E-state index contributed by atoms with van der Waals surface area (Å²) < 4.78 is 23.7. The largest absolute Gasteiger partial charge is 0.496 e. The molecule has 5 aromatic rings. The Balaban J connectivity index is 1.65. The van der Waals surface area contributed by atoms with E-state index in [9.17, 15) is 4.79 Å². The number of rotatable bonds is 3. The monoisotopic (exact) mass is 427 g/mol. The van der Waals surface area contributed by atoms with Gasteiger partial charge in [0.1, 0.15) is 22.5 Å². The second-order valence-electron chi connectivity index (χ2n) is 7.85. The number of anilines is 1. The number of hydrogen-bond donors (Lipinski definition) is 0. The van der Waals surface area contributed by atoms with Crippen LogP contribution >= 0.6 is 0 Å². The van der Waals surface area contributed by atoms with Crippen molar-refractivity contribution in [3.05, 3.63) is 70.9 Å². The molecule has 0 unspecified atom stereocenters. The number of benzene rings is 3. The van der Waals surface area contributed by atoms with Gasteiger partial charge in [0.15, 0.2) is 11.3 Å². The molecule has 1 fully saturated rings. The van der Waals surface area contributed by atoms with Gasteiger partial charge >= 0.3 is 0 Å². The van der Waals surface area contributed by atoms with Crippen molar-refractivity contribution < 1.29 is 18.3 Å². The number of fused-ring (bicyclic) bond motifs is 4. The smallest absolute Gasteiger partial charge is 0.200 e. The molecular formula is C26H21NO5. The van der Waals surface area contributed by atoms with Gasteiger partial charge in [0.2, 0.25) is 0 Å². The number of morpholine rings is 1. The molecule has 6 heteroatoms. The van der Waals surface area contributed by atoms with E-state index in [1.54, 1.807) is 19.2 Å². The zero-order valence-electron chi connectivity index (χ0n) is 17.6. The zero-order chi connectivity index (χ0) is 21.7. The Kier molecular flexibility index (Phi) is 4.40. The van der Waals surface area contributed by atoms with Crippen molar-refractivity contribution >= 4 is 38.8 Å². The van der Waals surface area contributed by atoms with Crippen LogP contribution in [0, 0.1) is 0 Å². The van der Waals surface area contributed by atoms with Crippen molar-refractivity contribution in [1.82, 2.24) is 0 Å². The van der Waals surface area contributed by atoms with Gasteiger partial charge in [-0.2, -0.15) is 0 Å². The standard InChI is InChI=1S/C26H21NO5/c1-29-22-10-9-17(26-24(22)19-5-2-3-8-21(19)31-26)16-6-4-7-18-20(28)15-23(32-25(16)18)27-11-13-30-14-12-27/h2-10,15H,11-14H2,1H3. The summed E-state index contributed by atoms with van der Waals surface area (Å²) >= 11 is 0. The van der Waals surface area contributed by atoms with Crippen LogP contribution in [0.1, 0.15) is 0 Å². The molecule has 0 bridgehead atoms. The SMILES string of the molecule is COc1ccc(-c2cccc3c(=O)cc(N4CCOCC4)oc23)c2oc3ccccc3c12. The molecule has 0 N–H and O–H groups in total. The van der Waals surface area contributed by atoms with Gasteiger partial charge in [-0.3, -0.25) is 4.79 Å². The average Bonchev–Trinajstić information content (AvgIpc) is 3.24. The Hall–Kier alpha value is -3.77. The summed E-state index contributed by atoms with van der Waals surface area (Å²) in [6.45, 7) is 2.60. The van der Waals surface area contributed by atoms with Crippen LogP contribution in [0.5, 0.6) is 5.75 Å². The van der Waals surface area contributed by atoms with Gasteiger partial charge in [0, 0.05) is 35.7 Å². The summed E-state index contributed by atoms with van der Waals surface area (Å²) in [7, 11) is 1.65. The molecule has 3 aromatic carbocycles. The second kappa shape index (κ2) is 7.43. The summed E-state index contributed by atoms with van der Waals surface area (Å²) in [6, 6.07) is 19.0. The van der Waals surface area contributed by atoms with E-state index in [-0.39, 0.29) is 5.43 Å². The quantitative estimate of drug-likeness (QED) is 0.394. The van der Waals surface area contributed by atoms with E-state index in [1.807, 2.05) is 53.4 Å². The fraction of sp³-hybridized carbons (Fsp3) is 0.192. The molecule has 2 aromatic heterocycles. The van der Waals surface area contributed by atoms with Gasteiger partial charge in [0.05, 0.1) is 31.1 Å². The number of hydrogen-bond acceptors (Lipinski definition) is 6. The van der Waals surface area contributed by atoms with E-state index in [2.05, 4.69) is 0 Å². The molecular weight excluding hydrogens is 406 g/mol. The molecule has 1 aliphatic rings. The molecule has 160 valence electrons. The highest BCUT2D eigenvalue weighted by molar-refractivity contribution is 6.14. The first-order chi connectivity index (χ1) is 15.7. The molecule has 0 atom stereocenters. The molecule has 32 heavy (non-hydrogen) atoms. The van der Waals surface area contributed by atoms with Crippen LogP contribution in [0.2, 0.25) is 0 Å². The minimum Gasteiger partial charge on any atom is -0.496 e. The highest BCUT2D eigenvalue weighted by Gasteiger charge is 2.21. The third-order valence-corrected chi connectivity index (χ3v) is 6.06. The molecule has 1 aliphatic heterocycles. The number of nitrogens with zero attached hydrogens (tertiary/aromatic N) is 1. The van der Waals surface area contributed by atoms with E-state index < -0.39 is 0 Å². The Labute approximate surface area is 183 Å². The fourth-order valence-electron chi connectivity index (χ4n) is 4.50. The van der Waals surface area contributed by atoms with E-state index in [0.717, 1.165) is 33.2 Å². The van der Waals surface area contributed by atoms with Crippen LogP contribution in [-0.4, -0.2) is 33.4 Å². The number of para-hydroxylation sites is 2. The lowest BCUT2D eigenvalue weighted by molar-refractivity contribution is 0.121.